The van der Waals surface area contributed by atoms with Crippen molar-refractivity contribution in [2.75, 3.05) is 0 Å². The Morgan fingerprint density at radius 2 is 1.58 bits per heavy atom. The van der Waals surface area contributed by atoms with Gasteiger partial charge in [0.05, 0.1) is 0 Å². The van der Waals surface area contributed by atoms with Crippen molar-refractivity contribution < 1.29 is 19.1 Å². The molecule has 4 aliphatic rings. The van der Waals surface area contributed by atoms with Gasteiger partial charge in [-0.2, -0.15) is 0 Å². The zero-order valence-corrected chi connectivity index (χ0v) is 24.5. The number of ketones is 2. The second kappa shape index (κ2) is 9.23. The maximum absolute atomic E-state index is 14.2. The SMILES string of the molecule is CC(=O)O[C@H]1CC[C@]2(C)[C@H]3C(=O)C[C@]4(C)[C@@H]([C@@H](C)CCCC(C)C)CC[C@@]4(C)[C@@H]3C(=O)C[C@H]2C1(C)C. The highest BCUT2D eigenvalue weighted by Crippen LogP contribution is 2.73. The first-order valence-electron chi connectivity index (χ1n) is 14.8. The van der Waals surface area contributed by atoms with Gasteiger partial charge in [0.1, 0.15) is 17.7 Å². The molecule has 9 atom stereocenters. The molecule has 36 heavy (non-hydrogen) atoms. The molecule has 4 fully saturated rings. The third kappa shape index (κ3) is 4.03. The second-order valence-electron chi connectivity index (χ2n) is 15.1. The van der Waals surface area contributed by atoms with E-state index in [0.29, 0.717) is 36.2 Å². The summed E-state index contributed by atoms with van der Waals surface area (Å²) < 4.78 is 5.76. The van der Waals surface area contributed by atoms with Gasteiger partial charge in [-0.3, -0.25) is 14.4 Å². The van der Waals surface area contributed by atoms with Crippen LogP contribution in [-0.4, -0.2) is 23.6 Å². The van der Waals surface area contributed by atoms with E-state index in [0.717, 1.165) is 31.6 Å². The molecule has 204 valence electrons. The zero-order chi connectivity index (χ0) is 26.8. The molecule has 0 aromatic heterocycles. The van der Waals surface area contributed by atoms with Gasteiger partial charge in [0.2, 0.25) is 0 Å². The van der Waals surface area contributed by atoms with Gasteiger partial charge >= 0.3 is 5.97 Å². The van der Waals surface area contributed by atoms with Crippen LogP contribution in [0.15, 0.2) is 0 Å². The summed E-state index contributed by atoms with van der Waals surface area (Å²) >= 11 is 0. The molecule has 0 amide bonds. The molecule has 0 bridgehead atoms. The molecule has 0 N–H and O–H groups in total. The lowest BCUT2D eigenvalue weighted by Gasteiger charge is -2.65. The van der Waals surface area contributed by atoms with Crippen LogP contribution in [0.25, 0.3) is 0 Å². The minimum Gasteiger partial charge on any atom is -0.462 e. The Kier molecular flexibility index (Phi) is 7.13. The molecule has 4 saturated carbocycles. The van der Waals surface area contributed by atoms with Gasteiger partial charge < -0.3 is 4.74 Å². The number of Topliss-reactive ketones (excluding diaryl/α,β-unsaturated/α-hetero) is 2. The number of fused-ring (bicyclic) bond motifs is 5. The zero-order valence-electron chi connectivity index (χ0n) is 24.5. The summed E-state index contributed by atoms with van der Waals surface area (Å²) in [6, 6.07) is 0. The average Bonchev–Trinajstić information content (AvgIpc) is 3.02. The number of carbonyl (C=O) groups excluding carboxylic acids is 3. The summed E-state index contributed by atoms with van der Waals surface area (Å²) in [5.74, 6) is 1.89. The molecule has 4 nitrogen and oxygen atoms in total. The third-order valence-corrected chi connectivity index (χ3v) is 12.4. The molecular formula is C32H52O4. The first-order valence-corrected chi connectivity index (χ1v) is 14.8. The van der Waals surface area contributed by atoms with E-state index in [4.69, 9.17) is 4.74 Å². The number of hydrogen-bond donors (Lipinski definition) is 0. The second-order valence-corrected chi connectivity index (χ2v) is 15.1. The highest BCUT2D eigenvalue weighted by atomic mass is 16.5. The van der Waals surface area contributed by atoms with Crippen LogP contribution < -0.4 is 0 Å². The maximum Gasteiger partial charge on any atom is 0.302 e. The van der Waals surface area contributed by atoms with E-state index >= 15 is 0 Å². The van der Waals surface area contributed by atoms with Crippen molar-refractivity contribution in [1.82, 2.24) is 0 Å². The Hall–Kier alpha value is -1.19. The molecule has 4 aliphatic carbocycles. The summed E-state index contributed by atoms with van der Waals surface area (Å²) in [4.78, 5) is 40.2. The Balaban J connectivity index is 1.65. The molecule has 0 aromatic rings. The molecule has 0 aliphatic heterocycles. The Morgan fingerprint density at radius 1 is 0.917 bits per heavy atom. The van der Waals surface area contributed by atoms with Crippen molar-refractivity contribution in [3.63, 3.8) is 0 Å². The standard InChI is InChI=1S/C32H52O4/c1-19(2)11-10-12-20(3)22-13-16-31(8)28-23(34)17-25-29(5,6)26(36-21(4)33)14-15-30(25,7)27(28)24(35)18-32(22,31)9/h19-20,22,25-28H,10-18H2,1-9H3/t20-,22+,25-,26-,27-,28+,30-,31-,32+/m0/s1. The van der Waals surface area contributed by atoms with E-state index < -0.39 is 0 Å². The van der Waals surface area contributed by atoms with Gasteiger partial charge in [0.15, 0.2) is 0 Å². The summed E-state index contributed by atoms with van der Waals surface area (Å²) in [6.07, 6.45) is 8.48. The van der Waals surface area contributed by atoms with Crippen LogP contribution >= 0.6 is 0 Å². The predicted octanol–water partition coefficient (Wildman–Crippen LogP) is 7.42. The molecule has 0 radical (unpaired) electrons. The summed E-state index contributed by atoms with van der Waals surface area (Å²) in [6.45, 7) is 19.8. The van der Waals surface area contributed by atoms with Crippen LogP contribution in [-0.2, 0) is 19.1 Å². The fourth-order valence-corrected chi connectivity index (χ4v) is 10.3. The van der Waals surface area contributed by atoms with Crippen LogP contribution in [0.5, 0.6) is 0 Å². The van der Waals surface area contributed by atoms with Crippen LogP contribution in [0.3, 0.4) is 0 Å². The third-order valence-electron chi connectivity index (χ3n) is 12.4. The lowest BCUT2D eigenvalue weighted by molar-refractivity contribution is -0.206. The van der Waals surface area contributed by atoms with E-state index in [9.17, 15) is 14.4 Å². The quantitative estimate of drug-likeness (QED) is 0.356. The van der Waals surface area contributed by atoms with Crippen LogP contribution in [0.1, 0.15) is 120 Å². The molecule has 4 rings (SSSR count). The molecule has 0 unspecified atom stereocenters. The van der Waals surface area contributed by atoms with Crippen molar-refractivity contribution in [3.8, 4) is 0 Å². The molecular weight excluding hydrogens is 448 g/mol. The predicted molar refractivity (Wildman–Crippen MR) is 143 cm³/mol. The normalized spacial score (nSPS) is 44.6. The van der Waals surface area contributed by atoms with Gasteiger partial charge in [-0.25, -0.2) is 0 Å². The van der Waals surface area contributed by atoms with Crippen LogP contribution in [0.2, 0.25) is 0 Å². The van der Waals surface area contributed by atoms with Crippen molar-refractivity contribution >= 4 is 17.5 Å². The number of ether oxygens (including phenoxy) is 1. The fraction of sp³-hybridized carbons (Fsp3) is 0.906. The van der Waals surface area contributed by atoms with E-state index in [2.05, 4.69) is 55.4 Å². The number of rotatable bonds is 6. The monoisotopic (exact) mass is 500 g/mol. The van der Waals surface area contributed by atoms with Gasteiger partial charge in [0.25, 0.3) is 0 Å². The highest BCUT2D eigenvalue weighted by molar-refractivity contribution is 5.95. The summed E-state index contributed by atoms with van der Waals surface area (Å²) in [5.41, 5.74) is -0.776. The molecule has 0 spiro atoms. The summed E-state index contributed by atoms with van der Waals surface area (Å²) in [5, 5.41) is 0. The van der Waals surface area contributed by atoms with Crippen molar-refractivity contribution in [1.29, 1.82) is 0 Å². The molecule has 4 heteroatoms. The smallest absolute Gasteiger partial charge is 0.302 e. The number of carbonyl (C=O) groups is 3. The van der Waals surface area contributed by atoms with E-state index in [1.807, 2.05) is 0 Å². The Morgan fingerprint density at radius 3 is 2.19 bits per heavy atom. The minimum absolute atomic E-state index is 0.0564. The van der Waals surface area contributed by atoms with E-state index in [1.54, 1.807) is 0 Å². The minimum atomic E-state index is -0.329. The van der Waals surface area contributed by atoms with Gasteiger partial charge in [-0.1, -0.05) is 74.7 Å². The highest BCUT2D eigenvalue weighted by Gasteiger charge is 2.72. The average molecular weight is 501 g/mol. The maximum atomic E-state index is 14.2. The van der Waals surface area contributed by atoms with Crippen molar-refractivity contribution in [2.24, 2.45) is 57.2 Å². The van der Waals surface area contributed by atoms with E-state index in [-0.39, 0.29) is 51.5 Å². The Bertz CT molecular complexity index is 904. The lowest BCUT2D eigenvalue weighted by Crippen LogP contribution is -2.67. The summed E-state index contributed by atoms with van der Waals surface area (Å²) in [7, 11) is 0. The molecule has 0 aromatic carbocycles. The van der Waals surface area contributed by atoms with E-state index in [1.165, 1.54) is 26.2 Å². The molecule has 0 heterocycles. The van der Waals surface area contributed by atoms with Gasteiger partial charge in [0, 0.05) is 37.0 Å². The number of hydrogen-bond acceptors (Lipinski definition) is 4. The van der Waals surface area contributed by atoms with Crippen molar-refractivity contribution in [2.45, 2.75) is 126 Å². The largest absolute Gasteiger partial charge is 0.462 e. The Labute approximate surface area is 220 Å². The molecule has 0 saturated heterocycles. The van der Waals surface area contributed by atoms with Crippen LogP contribution in [0.4, 0.5) is 0 Å². The lowest BCUT2D eigenvalue weighted by atomic mass is 9.37. The van der Waals surface area contributed by atoms with Gasteiger partial charge in [-0.15, -0.1) is 0 Å². The van der Waals surface area contributed by atoms with Crippen LogP contribution in [0, 0.1) is 57.2 Å². The number of esters is 1. The fourth-order valence-electron chi connectivity index (χ4n) is 10.3. The first-order chi connectivity index (χ1) is 16.6. The topological polar surface area (TPSA) is 60.4 Å². The first kappa shape index (κ1) is 27.8. The van der Waals surface area contributed by atoms with Crippen molar-refractivity contribution in [3.05, 3.63) is 0 Å². The van der Waals surface area contributed by atoms with Gasteiger partial charge in [-0.05, 0) is 65.6 Å².